The summed E-state index contributed by atoms with van der Waals surface area (Å²) in [7, 11) is 0. The van der Waals surface area contributed by atoms with Crippen LogP contribution in [0, 0.1) is 0 Å². The molecule has 0 aliphatic carbocycles. The average Bonchev–Trinajstić information content (AvgIpc) is 3.02. The maximum Gasteiger partial charge on any atom is 0.151 e. The normalized spacial score (nSPS) is 11.9. The van der Waals surface area contributed by atoms with E-state index in [1.54, 1.807) is 0 Å². The highest BCUT2D eigenvalue weighted by molar-refractivity contribution is 7.99. The summed E-state index contributed by atoms with van der Waals surface area (Å²) >= 11 is 2.20. The van der Waals surface area contributed by atoms with Gasteiger partial charge in [0.25, 0.3) is 0 Å². The van der Waals surface area contributed by atoms with Gasteiger partial charge in [0.05, 0.1) is 0 Å². The molecule has 0 heterocycles. The molecule has 0 spiro atoms. The minimum atomic E-state index is -1.11. The molecule has 0 radical (unpaired) electrons. The van der Waals surface area contributed by atoms with Crippen LogP contribution >= 0.6 is 11.8 Å². The first-order chi connectivity index (χ1) is 22.1. The number of thioether (sulfide) groups is 1. The van der Waals surface area contributed by atoms with E-state index >= 15 is 0 Å². The van der Waals surface area contributed by atoms with Crippen molar-refractivity contribution in [2.75, 3.05) is 11.5 Å². The van der Waals surface area contributed by atoms with E-state index in [1.165, 1.54) is 204 Å². The molecule has 0 atom stereocenters. The molecule has 0 aromatic heterocycles. The second kappa shape index (κ2) is 40.4. The van der Waals surface area contributed by atoms with E-state index in [4.69, 9.17) is 20.4 Å². The minimum absolute atomic E-state index is 0.536. The lowest BCUT2D eigenvalue weighted by atomic mass is 10.0. The lowest BCUT2D eigenvalue weighted by Crippen LogP contribution is -2.02. The first kappa shape index (κ1) is 45.2. The van der Waals surface area contributed by atoms with Crippen LogP contribution in [-0.2, 0) is 0 Å². The van der Waals surface area contributed by atoms with Gasteiger partial charge in [0.15, 0.2) is 12.6 Å². The summed E-state index contributed by atoms with van der Waals surface area (Å²) in [6, 6.07) is 0. The molecule has 0 fully saturated rings. The molecule has 272 valence electrons. The van der Waals surface area contributed by atoms with Crippen LogP contribution in [0.4, 0.5) is 0 Å². The first-order valence-corrected chi connectivity index (χ1v) is 21.6. The molecule has 0 unspecified atom stereocenters. The number of hydrogen-bond acceptors (Lipinski definition) is 5. The summed E-state index contributed by atoms with van der Waals surface area (Å²) < 4.78 is 0. The molecule has 0 amide bonds. The molecular weight excluding hydrogens is 577 g/mol. The molecule has 0 bridgehead atoms. The van der Waals surface area contributed by atoms with Crippen LogP contribution in [0.2, 0.25) is 0 Å². The second-order valence-electron chi connectivity index (χ2n) is 14.2. The van der Waals surface area contributed by atoms with Gasteiger partial charge in [-0.05, 0) is 50.0 Å². The summed E-state index contributed by atoms with van der Waals surface area (Å²) in [5.74, 6) is 2.76. The molecule has 0 saturated carbocycles. The van der Waals surface area contributed by atoms with Crippen LogP contribution in [-0.4, -0.2) is 44.5 Å². The molecular formula is C40H82O4S. The predicted molar refractivity (Wildman–Crippen MR) is 200 cm³/mol. The lowest BCUT2D eigenvalue weighted by molar-refractivity contribution is -0.0472. The van der Waals surface area contributed by atoms with E-state index in [2.05, 4.69) is 11.8 Å². The first-order valence-electron chi connectivity index (χ1n) is 20.4. The summed E-state index contributed by atoms with van der Waals surface area (Å²) in [6.07, 6.45) is 45.2. The van der Waals surface area contributed by atoms with E-state index in [-0.39, 0.29) is 0 Å². The Bertz CT molecular complexity index is 473. The predicted octanol–water partition coefficient (Wildman–Crippen LogP) is 12.4. The summed E-state index contributed by atoms with van der Waals surface area (Å²) in [5, 5.41) is 35.3. The Balaban J connectivity index is 3.04. The van der Waals surface area contributed by atoms with E-state index in [0.717, 1.165) is 25.7 Å². The summed E-state index contributed by atoms with van der Waals surface area (Å²) in [5.41, 5.74) is 0. The Hall–Kier alpha value is 0.190. The fourth-order valence-electron chi connectivity index (χ4n) is 6.47. The van der Waals surface area contributed by atoms with Gasteiger partial charge in [-0.2, -0.15) is 11.8 Å². The fraction of sp³-hybridized carbons (Fsp3) is 1.00. The number of unbranched alkanes of at least 4 members (excludes halogenated alkanes) is 32. The Labute approximate surface area is 286 Å². The van der Waals surface area contributed by atoms with E-state index in [9.17, 15) is 0 Å². The van der Waals surface area contributed by atoms with Crippen molar-refractivity contribution in [3.63, 3.8) is 0 Å². The molecule has 0 aromatic carbocycles. The largest absolute Gasteiger partial charge is 0.368 e. The number of rotatable bonds is 40. The topological polar surface area (TPSA) is 80.9 Å². The zero-order chi connectivity index (χ0) is 32.7. The van der Waals surface area contributed by atoms with Crippen molar-refractivity contribution >= 4 is 11.8 Å². The van der Waals surface area contributed by atoms with Gasteiger partial charge in [-0.15, -0.1) is 0 Å². The van der Waals surface area contributed by atoms with Gasteiger partial charge >= 0.3 is 0 Å². The minimum Gasteiger partial charge on any atom is -0.368 e. The number of hydrogen-bond donors (Lipinski definition) is 4. The van der Waals surface area contributed by atoms with E-state index in [1.807, 2.05) is 0 Å². The van der Waals surface area contributed by atoms with E-state index in [0.29, 0.717) is 12.8 Å². The molecule has 5 heteroatoms. The maximum absolute atomic E-state index is 8.84. The highest BCUT2D eigenvalue weighted by Crippen LogP contribution is 2.17. The third-order valence-electron chi connectivity index (χ3n) is 9.50. The third-order valence-corrected chi connectivity index (χ3v) is 10.7. The van der Waals surface area contributed by atoms with Gasteiger partial charge in [-0.3, -0.25) is 0 Å². The van der Waals surface area contributed by atoms with Gasteiger partial charge in [-0.1, -0.05) is 193 Å². The van der Waals surface area contributed by atoms with Crippen LogP contribution in [0.1, 0.15) is 231 Å². The van der Waals surface area contributed by atoms with Crippen LogP contribution < -0.4 is 0 Å². The van der Waals surface area contributed by atoms with Crippen LogP contribution in [0.3, 0.4) is 0 Å². The fourth-order valence-corrected chi connectivity index (χ4v) is 7.49. The SMILES string of the molecule is OC(O)CCCCCCCCCCCCCCCCCCCSCCCCCCCCCCCCCCCCCCCC(O)O. The Morgan fingerprint density at radius 3 is 0.556 bits per heavy atom. The van der Waals surface area contributed by atoms with Crippen molar-refractivity contribution in [3.05, 3.63) is 0 Å². The van der Waals surface area contributed by atoms with Crippen molar-refractivity contribution in [1.82, 2.24) is 0 Å². The number of aliphatic hydroxyl groups is 4. The quantitative estimate of drug-likeness (QED) is 0.0389. The van der Waals surface area contributed by atoms with E-state index < -0.39 is 12.6 Å². The Morgan fingerprint density at radius 2 is 0.378 bits per heavy atom. The molecule has 0 aliphatic heterocycles. The average molecular weight is 659 g/mol. The second-order valence-corrected chi connectivity index (χ2v) is 15.4. The van der Waals surface area contributed by atoms with Crippen molar-refractivity contribution in [3.8, 4) is 0 Å². The number of aliphatic hydroxyl groups excluding tert-OH is 2. The van der Waals surface area contributed by atoms with Gasteiger partial charge < -0.3 is 20.4 Å². The third kappa shape index (κ3) is 44.2. The Morgan fingerprint density at radius 1 is 0.222 bits per heavy atom. The highest BCUT2D eigenvalue weighted by Gasteiger charge is 2.00. The van der Waals surface area contributed by atoms with Crippen LogP contribution in [0.5, 0.6) is 0 Å². The van der Waals surface area contributed by atoms with Crippen molar-refractivity contribution in [1.29, 1.82) is 0 Å². The van der Waals surface area contributed by atoms with Crippen LogP contribution in [0.15, 0.2) is 0 Å². The van der Waals surface area contributed by atoms with Gasteiger partial charge in [0.1, 0.15) is 0 Å². The van der Waals surface area contributed by atoms with Gasteiger partial charge in [0.2, 0.25) is 0 Å². The maximum atomic E-state index is 8.84. The van der Waals surface area contributed by atoms with Gasteiger partial charge in [0, 0.05) is 0 Å². The Kier molecular flexibility index (Phi) is 40.5. The molecule has 4 nitrogen and oxygen atoms in total. The van der Waals surface area contributed by atoms with Crippen molar-refractivity contribution in [2.45, 2.75) is 244 Å². The monoisotopic (exact) mass is 659 g/mol. The standard InChI is InChI=1S/C40H82O4S/c41-39(42)35-31-27-23-19-15-11-7-3-1-5-9-13-17-21-25-29-33-37-45-38-34-30-26-22-18-14-10-6-2-4-8-12-16-20-24-28-32-36-40(43)44/h39-44H,1-38H2. The summed E-state index contributed by atoms with van der Waals surface area (Å²) in [6.45, 7) is 0. The summed E-state index contributed by atoms with van der Waals surface area (Å²) in [4.78, 5) is 0. The zero-order valence-corrected chi connectivity index (χ0v) is 31.0. The zero-order valence-electron chi connectivity index (χ0n) is 30.2. The molecule has 0 aliphatic rings. The molecule has 0 saturated heterocycles. The molecule has 4 N–H and O–H groups in total. The lowest BCUT2D eigenvalue weighted by Gasteiger charge is -2.05. The van der Waals surface area contributed by atoms with Crippen LogP contribution in [0.25, 0.3) is 0 Å². The molecule has 0 aromatic rings. The molecule has 45 heavy (non-hydrogen) atoms. The van der Waals surface area contributed by atoms with Gasteiger partial charge in [-0.25, -0.2) is 0 Å². The smallest absolute Gasteiger partial charge is 0.151 e. The molecule has 0 rings (SSSR count). The highest BCUT2D eigenvalue weighted by atomic mass is 32.2. The van der Waals surface area contributed by atoms with Crippen molar-refractivity contribution in [2.24, 2.45) is 0 Å². The van der Waals surface area contributed by atoms with Crippen molar-refractivity contribution < 1.29 is 20.4 Å².